The van der Waals surface area contributed by atoms with Crippen molar-refractivity contribution in [2.24, 2.45) is 0 Å². The van der Waals surface area contributed by atoms with Gasteiger partial charge in [0.25, 0.3) is 0 Å². The Morgan fingerprint density at radius 1 is 1.21 bits per heavy atom. The van der Waals surface area contributed by atoms with Gasteiger partial charge in [0.1, 0.15) is 11.6 Å². The first kappa shape index (κ1) is 13.6. The molecule has 5 heteroatoms. The van der Waals surface area contributed by atoms with Crippen LogP contribution in [-0.2, 0) is 6.54 Å². The zero-order chi connectivity index (χ0) is 14.0. The van der Waals surface area contributed by atoms with Gasteiger partial charge >= 0.3 is 0 Å². The molecule has 0 atom stereocenters. The summed E-state index contributed by atoms with van der Waals surface area (Å²) in [5.74, 6) is -1.39. The maximum Gasteiger partial charge on any atom is 0.150 e. The van der Waals surface area contributed by atoms with Gasteiger partial charge in [0, 0.05) is 18.2 Å². The predicted octanol–water partition coefficient (Wildman–Crippen LogP) is 4.24. The van der Waals surface area contributed by atoms with E-state index in [-0.39, 0.29) is 23.0 Å². The highest BCUT2D eigenvalue weighted by atomic mass is 35.5. The lowest BCUT2D eigenvalue weighted by molar-refractivity contribution is 0.469. The number of anilines is 1. The summed E-state index contributed by atoms with van der Waals surface area (Å²) >= 11 is 5.77. The maximum atomic E-state index is 13.5. The molecule has 2 nitrogen and oxygen atoms in total. The van der Waals surface area contributed by atoms with Crippen molar-refractivity contribution in [2.45, 2.75) is 13.5 Å². The Morgan fingerprint density at radius 3 is 2.63 bits per heavy atom. The molecule has 0 aliphatic rings. The van der Waals surface area contributed by atoms with Gasteiger partial charge in [-0.25, -0.2) is 8.78 Å². The molecule has 0 heterocycles. The Bertz CT molecular complexity index is 593. The Morgan fingerprint density at radius 2 is 1.95 bits per heavy atom. The first-order valence-electron chi connectivity index (χ1n) is 5.64. The molecule has 2 aromatic carbocycles. The minimum absolute atomic E-state index is 0.0176. The van der Waals surface area contributed by atoms with Gasteiger partial charge in [0.2, 0.25) is 0 Å². The third kappa shape index (κ3) is 3.15. The minimum atomic E-state index is -0.767. The zero-order valence-corrected chi connectivity index (χ0v) is 10.9. The van der Waals surface area contributed by atoms with Gasteiger partial charge in [-0.2, -0.15) is 0 Å². The van der Waals surface area contributed by atoms with Crippen molar-refractivity contribution in [3.63, 3.8) is 0 Å². The van der Waals surface area contributed by atoms with Crippen molar-refractivity contribution >= 4 is 17.3 Å². The summed E-state index contributed by atoms with van der Waals surface area (Å²) in [6, 6.07) is 6.89. The number of rotatable bonds is 3. The number of aryl methyl sites for hydroxylation is 1. The molecule has 0 bridgehead atoms. The highest BCUT2D eigenvalue weighted by Gasteiger charge is 2.10. The lowest BCUT2D eigenvalue weighted by Gasteiger charge is -2.11. The molecule has 100 valence electrons. The number of nitrogens with one attached hydrogen (secondary N) is 1. The van der Waals surface area contributed by atoms with Crippen molar-refractivity contribution in [2.75, 3.05) is 5.32 Å². The summed E-state index contributed by atoms with van der Waals surface area (Å²) in [6.45, 7) is 2.07. The quantitative estimate of drug-likeness (QED) is 0.883. The van der Waals surface area contributed by atoms with Crippen LogP contribution in [0.5, 0.6) is 5.75 Å². The van der Waals surface area contributed by atoms with Crippen LogP contribution in [0.25, 0.3) is 0 Å². The molecule has 0 unspecified atom stereocenters. The largest absolute Gasteiger partial charge is 0.508 e. The average molecular weight is 284 g/mol. The number of aromatic hydroxyl groups is 1. The van der Waals surface area contributed by atoms with E-state index in [9.17, 15) is 13.9 Å². The fraction of sp³-hybridized carbons (Fsp3) is 0.143. The minimum Gasteiger partial charge on any atom is -0.508 e. The van der Waals surface area contributed by atoms with Crippen LogP contribution in [0, 0.1) is 18.6 Å². The first-order chi connectivity index (χ1) is 8.97. The maximum absolute atomic E-state index is 13.5. The van der Waals surface area contributed by atoms with Crippen LogP contribution in [0.2, 0.25) is 5.02 Å². The molecule has 2 N–H and O–H groups in total. The Labute approximate surface area is 114 Å². The van der Waals surface area contributed by atoms with Crippen LogP contribution in [0.1, 0.15) is 11.1 Å². The van der Waals surface area contributed by atoms with Crippen LogP contribution in [0.15, 0.2) is 30.3 Å². The third-order valence-corrected chi connectivity index (χ3v) is 3.00. The molecular formula is C14H12ClF2NO. The third-order valence-electron chi connectivity index (χ3n) is 2.70. The molecular weight excluding hydrogens is 272 g/mol. The molecule has 0 saturated heterocycles. The average Bonchev–Trinajstić information content (AvgIpc) is 2.32. The highest BCUT2D eigenvalue weighted by Crippen LogP contribution is 2.28. The molecule has 0 aromatic heterocycles. The summed E-state index contributed by atoms with van der Waals surface area (Å²) in [4.78, 5) is 0. The van der Waals surface area contributed by atoms with Crippen LogP contribution in [-0.4, -0.2) is 5.11 Å². The van der Waals surface area contributed by atoms with E-state index < -0.39 is 11.6 Å². The van der Waals surface area contributed by atoms with Gasteiger partial charge in [-0.05, 0) is 19.1 Å². The molecule has 0 fully saturated rings. The Kier molecular flexibility index (Phi) is 3.90. The summed E-state index contributed by atoms with van der Waals surface area (Å²) in [5.41, 5.74) is 1.60. The zero-order valence-electron chi connectivity index (χ0n) is 10.2. The smallest absolute Gasteiger partial charge is 0.150 e. The second-order valence-corrected chi connectivity index (χ2v) is 4.64. The van der Waals surface area contributed by atoms with Crippen molar-refractivity contribution < 1.29 is 13.9 Å². The number of hydrogen-bond donors (Lipinski definition) is 2. The van der Waals surface area contributed by atoms with Crippen LogP contribution < -0.4 is 5.32 Å². The molecule has 0 saturated carbocycles. The van der Waals surface area contributed by atoms with Crippen LogP contribution in [0.3, 0.4) is 0 Å². The molecule has 0 radical (unpaired) electrons. The fourth-order valence-corrected chi connectivity index (χ4v) is 2.01. The lowest BCUT2D eigenvalue weighted by atomic mass is 10.1. The van der Waals surface area contributed by atoms with E-state index >= 15 is 0 Å². The molecule has 0 aliphatic carbocycles. The summed E-state index contributed by atoms with van der Waals surface area (Å²) in [5, 5.41) is 12.4. The van der Waals surface area contributed by atoms with Crippen molar-refractivity contribution in [1.82, 2.24) is 0 Å². The van der Waals surface area contributed by atoms with E-state index in [0.29, 0.717) is 5.56 Å². The Hall–Kier alpha value is -1.81. The summed E-state index contributed by atoms with van der Waals surface area (Å²) < 4.78 is 26.4. The number of phenols is 1. The SMILES string of the molecule is Cc1ccc(O)c(CNc2c(F)cc(F)cc2Cl)c1. The monoisotopic (exact) mass is 283 g/mol. The second kappa shape index (κ2) is 5.45. The topological polar surface area (TPSA) is 32.3 Å². The fourth-order valence-electron chi connectivity index (χ4n) is 1.75. The predicted molar refractivity (Wildman–Crippen MR) is 71.5 cm³/mol. The van der Waals surface area contributed by atoms with Crippen LogP contribution in [0.4, 0.5) is 14.5 Å². The van der Waals surface area contributed by atoms with Crippen molar-refractivity contribution in [3.8, 4) is 5.75 Å². The van der Waals surface area contributed by atoms with Crippen molar-refractivity contribution in [3.05, 3.63) is 58.1 Å². The number of hydrogen-bond acceptors (Lipinski definition) is 2. The first-order valence-corrected chi connectivity index (χ1v) is 6.02. The van der Waals surface area contributed by atoms with Gasteiger partial charge in [-0.15, -0.1) is 0 Å². The highest BCUT2D eigenvalue weighted by molar-refractivity contribution is 6.33. The summed E-state index contributed by atoms with van der Waals surface area (Å²) in [7, 11) is 0. The molecule has 2 aromatic rings. The molecule has 2 rings (SSSR count). The number of halogens is 3. The molecule has 0 aliphatic heterocycles. The number of phenolic OH excluding ortho intramolecular Hbond substituents is 1. The lowest BCUT2D eigenvalue weighted by Crippen LogP contribution is -2.03. The Balaban J connectivity index is 2.21. The van der Waals surface area contributed by atoms with Gasteiger partial charge in [0.15, 0.2) is 5.82 Å². The second-order valence-electron chi connectivity index (χ2n) is 4.23. The van der Waals surface area contributed by atoms with Gasteiger partial charge in [-0.3, -0.25) is 0 Å². The van der Waals surface area contributed by atoms with E-state index in [4.69, 9.17) is 11.6 Å². The van der Waals surface area contributed by atoms with Gasteiger partial charge < -0.3 is 10.4 Å². The van der Waals surface area contributed by atoms with E-state index in [2.05, 4.69) is 5.32 Å². The summed E-state index contributed by atoms with van der Waals surface area (Å²) in [6.07, 6.45) is 0. The molecule has 0 amide bonds. The molecule has 19 heavy (non-hydrogen) atoms. The van der Waals surface area contributed by atoms with E-state index in [1.54, 1.807) is 18.2 Å². The van der Waals surface area contributed by atoms with E-state index in [0.717, 1.165) is 17.7 Å². The number of benzene rings is 2. The van der Waals surface area contributed by atoms with Gasteiger partial charge in [0.05, 0.1) is 10.7 Å². The van der Waals surface area contributed by atoms with E-state index in [1.807, 2.05) is 6.92 Å². The van der Waals surface area contributed by atoms with Crippen LogP contribution >= 0.6 is 11.6 Å². The standard InChI is InChI=1S/C14H12ClF2NO/c1-8-2-3-13(19)9(4-8)7-18-14-11(15)5-10(16)6-12(14)17/h2-6,18-19H,7H2,1H3. The molecule has 0 spiro atoms. The van der Waals surface area contributed by atoms with Crippen molar-refractivity contribution in [1.29, 1.82) is 0 Å². The van der Waals surface area contributed by atoms with E-state index in [1.165, 1.54) is 0 Å². The van der Waals surface area contributed by atoms with Gasteiger partial charge in [-0.1, -0.05) is 29.3 Å². The normalized spacial score (nSPS) is 10.5.